The van der Waals surface area contributed by atoms with Gasteiger partial charge in [0.05, 0.1) is 4.90 Å². The number of sulfonamides is 1. The predicted molar refractivity (Wildman–Crippen MR) is 72.2 cm³/mol. The van der Waals surface area contributed by atoms with Crippen molar-refractivity contribution in [2.45, 2.75) is 17.6 Å². The van der Waals surface area contributed by atoms with E-state index >= 15 is 0 Å². The average Bonchev–Trinajstić information content (AvgIpc) is 2.44. The van der Waals surface area contributed by atoms with Gasteiger partial charge in [-0.1, -0.05) is 12.1 Å². The van der Waals surface area contributed by atoms with Crippen LogP contribution in [0.25, 0.3) is 0 Å². The summed E-state index contributed by atoms with van der Waals surface area (Å²) < 4.78 is 59.7. The second-order valence-electron chi connectivity index (χ2n) is 4.31. The van der Waals surface area contributed by atoms with Gasteiger partial charge in [-0.25, -0.2) is 23.5 Å². The van der Waals surface area contributed by atoms with Gasteiger partial charge in [-0.2, -0.15) is 13.2 Å². The average molecular weight is 332 g/mol. The van der Waals surface area contributed by atoms with E-state index in [0.29, 0.717) is 5.56 Å². The van der Waals surface area contributed by atoms with Gasteiger partial charge in [-0.15, -0.1) is 0 Å². The Labute approximate surface area is 124 Å². The van der Waals surface area contributed by atoms with E-state index < -0.39 is 21.9 Å². The lowest BCUT2D eigenvalue weighted by Gasteiger charge is -2.09. The molecule has 0 radical (unpaired) electrons. The molecule has 1 heterocycles. The highest BCUT2D eigenvalue weighted by Crippen LogP contribution is 2.27. The van der Waals surface area contributed by atoms with Crippen LogP contribution in [0.5, 0.6) is 0 Å². The molecule has 0 aliphatic rings. The topological polar surface area (TPSA) is 98.0 Å². The first-order valence-electron chi connectivity index (χ1n) is 5.92. The summed E-state index contributed by atoms with van der Waals surface area (Å²) in [4.78, 5) is 6.99. The van der Waals surface area contributed by atoms with Gasteiger partial charge in [0, 0.05) is 12.7 Å². The number of halogens is 3. The number of benzene rings is 1. The molecule has 0 fully saturated rings. The Morgan fingerprint density at radius 2 is 1.77 bits per heavy atom. The number of hydrogen-bond acceptors (Lipinski definition) is 5. The van der Waals surface area contributed by atoms with Gasteiger partial charge in [-0.05, 0) is 23.8 Å². The SMILES string of the molecule is NS(=O)(=O)c1ccc(CNc2nccc(C(F)(F)F)n2)cc1. The molecule has 3 N–H and O–H groups in total. The Morgan fingerprint density at radius 1 is 1.14 bits per heavy atom. The fourth-order valence-corrected chi connectivity index (χ4v) is 2.10. The Hall–Kier alpha value is -2.20. The smallest absolute Gasteiger partial charge is 0.350 e. The van der Waals surface area contributed by atoms with Gasteiger partial charge < -0.3 is 5.32 Å². The fraction of sp³-hybridized carbons (Fsp3) is 0.167. The van der Waals surface area contributed by atoms with Crippen molar-refractivity contribution in [1.82, 2.24) is 9.97 Å². The Kier molecular flexibility index (Phi) is 4.33. The summed E-state index contributed by atoms with van der Waals surface area (Å²) in [5.41, 5.74) is -0.414. The fourth-order valence-electron chi connectivity index (χ4n) is 1.58. The third kappa shape index (κ3) is 4.15. The summed E-state index contributed by atoms with van der Waals surface area (Å²) in [5, 5.41) is 7.59. The van der Waals surface area contributed by atoms with Crippen molar-refractivity contribution in [2.75, 3.05) is 5.32 Å². The van der Waals surface area contributed by atoms with E-state index in [0.717, 1.165) is 12.3 Å². The molecule has 2 rings (SSSR count). The minimum absolute atomic E-state index is 0.0495. The van der Waals surface area contributed by atoms with Crippen LogP contribution < -0.4 is 10.5 Å². The predicted octanol–water partition coefficient (Wildman–Crippen LogP) is 1.75. The summed E-state index contributed by atoms with van der Waals surface area (Å²) in [7, 11) is -3.78. The number of nitrogens with zero attached hydrogens (tertiary/aromatic N) is 2. The highest BCUT2D eigenvalue weighted by atomic mass is 32.2. The van der Waals surface area contributed by atoms with Crippen LogP contribution in [0.3, 0.4) is 0 Å². The van der Waals surface area contributed by atoms with E-state index in [-0.39, 0.29) is 17.4 Å². The number of nitrogens with one attached hydrogen (secondary N) is 1. The van der Waals surface area contributed by atoms with Gasteiger partial charge in [-0.3, -0.25) is 0 Å². The zero-order chi connectivity index (χ0) is 16.4. The van der Waals surface area contributed by atoms with Gasteiger partial charge >= 0.3 is 6.18 Å². The summed E-state index contributed by atoms with van der Waals surface area (Å²) in [6, 6.07) is 6.35. The molecule has 0 amide bonds. The van der Waals surface area contributed by atoms with Crippen LogP contribution in [0, 0.1) is 0 Å². The number of aromatic nitrogens is 2. The molecule has 0 bridgehead atoms. The highest BCUT2D eigenvalue weighted by molar-refractivity contribution is 7.89. The largest absolute Gasteiger partial charge is 0.433 e. The summed E-state index contributed by atoms with van der Waals surface area (Å²) in [6.45, 7) is 0.131. The Bertz CT molecular complexity index is 761. The van der Waals surface area contributed by atoms with Crippen LogP contribution in [0.15, 0.2) is 41.4 Å². The molecule has 0 aliphatic carbocycles. The summed E-state index contributed by atoms with van der Waals surface area (Å²) in [5.74, 6) is -0.176. The third-order valence-corrected chi connectivity index (χ3v) is 3.58. The molecule has 2 aromatic rings. The van der Waals surface area contributed by atoms with Crippen molar-refractivity contribution >= 4 is 16.0 Å². The lowest BCUT2D eigenvalue weighted by molar-refractivity contribution is -0.141. The number of hydrogen-bond donors (Lipinski definition) is 2. The van der Waals surface area contributed by atoms with Crippen molar-refractivity contribution in [3.05, 3.63) is 47.8 Å². The van der Waals surface area contributed by atoms with Crippen molar-refractivity contribution < 1.29 is 21.6 Å². The van der Waals surface area contributed by atoms with Gasteiger partial charge in [0.2, 0.25) is 16.0 Å². The van der Waals surface area contributed by atoms with Crippen LogP contribution in [-0.4, -0.2) is 18.4 Å². The number of rotatable bonds is 4. The third-order valence-electron chi connectivity index (χ3n) is 2.65. The minimum Gasteiger partial charge on any atom is -0.350 e. The van der Waals surface area contributed by atoms with E-state index in [2.05, 4.69) is 15.3 Å². The molecule has 10 heteroatoms. The van der Waals surface area contributed by atoms with Crippen LogP contribution in [0.4, 0.5) is 19.1 Å². The van der Waals surface area contributed by atoms with Crippen LogP contribution in [-0.2, 0) is 22.7 Å². The maximum Gasteiger partial charge on any atom is 0.433 e. The molecular weight excluding hydrogens is 321 g/mol. The first kappa shape index (κ1) is 16.2. The molecule has 0 spiro atoms. The first-order valence-corrected chi connectivity index (χ1v) is 7.47. The van der Waals surface area contributed by atoms with Crippen LogP contribution in [0.2, 0.25) is 0 Å². The van der Waals surface area contributed by atoms with E-state index in [1.54, 1.807) is 0 Å². The standard InChI is InChI=1S/C12H11F3N4O2S/c13-12(14,15)10-5-6-17-11(19-10)18-7-8-1-3-9(4-2-8)22(16,20)21/h1-6H,7H2,(H2,16,20,21)(H,17,18,19). The monoisotopic (exact) mass is 332 g/mol. The van der Waals surface area contributed by atoms with Crippen molar-refractivity contribution in [3.63, 3.8) is 0 Å². The van der Waals surface area contributed by atoms with Crippen LogP contribution in [0.1, 0.15) is 11.3 Å². The Balaban J connectivity index is 2.07. The second-order valence-corrected chi connectivity index (χ2v) is 5.87. The highest BCUT2D eigenvalue weighted by Gasteiger charge is 2.32. The molecule has 22 heavy (non-hydrogen) atoms. The maximum absolute atomic E-state index is 12.5. The van der Waals surface area contributed by atoms with Crippen molar-refractivity contribution in [2.24, 2.45) is 5.14 Å². The van der Waals surface area contributed by atoms with Crippen molar-refractivity contribution in [3.8, 4) is 0 Å². The first-order chi connectivity index (χ1) is 10.2. The summed E-state index contributed by atoms with van der Waals surface area (Å²) >= 11 is 0. The lowest BCUT2D eigenvalue weighted by atomic mass is 10.2. The molecule has 0 saturated carbocycles. The second kappa shape index (κ2) is 5.89. The molecular formula is C12H11F3N4O2S. The van der Waals surface area contributed by atoms with Crippen molar-refractivity contribution in [1.29, 1.82) is 0 Å². The lowest BCUT2D eigenvalue weighted by Crippen LogP contribution is -2.13. The van der Waals surface area contributed by atoms with E-state index in [1.807, 2.05) is 0 Å². The number of primary sulfonamides is 1. The van der Waals surface area contributed by atoms with E-state index in [9.17, 15) is 21.6 Å². The van der Waals surface area contributed by atoms with Gasteiger partial charge in [0.1, 0.15) is 5.69 Å². The maximum atomic E-state index is 12.5. The molecule has 0 saturated heterocycles. The molecule has 0 atom stereocenters. The van der Waals surface area contributed by atoms with Gasteiger partial charge in [0.15, 0.2) is 0 Å². The number of anilines is 1. The molecule has 0 aliphatic heterocycles. The van der Waals surface area contributed by atoms with Crippen LogP contribution >= 0.6 is 0 Å². The zero-order valence-corrected chi connectivity index (χ0v) is 11.8. The normalized spacial score (nSPS) is 12.2. The molecule has 1 aromatic heterocycles. The Morgan fingerprint density at radius 3 is 2.32 bits per heavy atom. The number of alkyl halides is 3. The molecule has 1 aromatic carbocycles. The zero-order valence-electron chi connectivity index (χ0n) is 11.0. The number of nitrogens with two attached hydrogens (primary N) is 1. The molecule has 6 nitrogen and oxygen atoms in total. The quantitative estimate of drug-likeness (QED) is 0.889. The van der Waals surface area contributed by atoms with E-state index in [1.165, 1.54) is 24.3 Å². The molecule has 0 unspecified atom stereocenters. The van der Waals surface area contributed by atoms with E-state index in [4.69, 9.17) is 5.14 Å². The van der Waals surface area contributed by atoms with Gasteiger partial charge in [0.25, 0.3) is 0 Å². The minimum atomic E-state index is -4.55. The molecule has 118 valence electrons. The summed E-state index contributed by atoms with van der Waals surface area (Å²) in [6.07, 6.45) is -3.54.